The lowest BCUT2D eigenvalue weighted by atomic mass is 10.2. The van der Waals surface area contributed by atoms with Gasteiger partial charge in [0.1, 0.15) is 0 Å². The number of benzene rings is 2. The van der Waals surface area contributed by atoms with Crippen molar-refractivity contribution in [2.24, 2.45) is 0 Å². The second kappa shape index (κ2) is 8.03. The maximum absolute atomic E-state index is 12.5. The Morgan fingerprint density at radius 2 is 1.81 bits per heavy atom. The average Bonchev–Trinajstić information content (AvgIpc) is 3.09. The van der Waals surface area contributed by atoms with E-state index in [1.54, 1.807) is 53.5 Å². The van der Waals surface area contributed by atoms with Gasteiger partial charge in [-0.2, -0.15) is 9.40 Å². The van der Waals surface area contributed by atoms with E-state index in [-0.39, 0.29) is 11.4 Å². The van der Waals surface area contributed by atoms with Crippen molar-refractivity contribution in [2.75, 3.05) is 18.9 Å². The van der Waals surface area contributed by atoms with Crippen molar-refractivity contribution in [1.29, 1.82) is 0 Å². The smallest absolute Gasteiger partial charge is 0.243 e. The summed E-state index contributed by atoms with van der Waals surface area (Å²) >= 11 is 3.34. The van der Waals surface area contributed by atoms with E-state index in [0.717, 1.165) is 8.78 Å². The van der Waals surface area contributed by atoms with Crippen LogP contribution < -0.4 is 5.32 Å². The Bertz CT molecular complexity index is 1050. The molecule has 0 aliphatic carbocycles. The standard InChI is InChI=1S/C18H17BrN4O3S/c1-22(27(25,26)15-7-3-2-4-8-15)13-18(24)21-16-9-5-6-10-17(16)23-12-14(19)11-20-23/h2-12H,13H2,1H3,(H,21,24). The van der Waals surface area contributed by atoms with Crippen molar-refractivity contribution in [3.63, 3.8) is 0 Å². The molecule has 0 fully saturated rings. The summed E-state index contributed by atoms with van der Waals surface area (Å²) in [6, 6.07) is 15.1. The molecule has 0 saturated heterocycles. The van der Waals surface area contributed by atoms with Crippen LogP contribution in [0.15, 0.2) is 76.4 Å². The van der Waals surface area contributed by atoms with Crippen LogP contribution in [0.3, 0.4) is 0 Å². The number of sulfonamides is 1. The van der Waals surface area contributed by atoms with E-state index in [1.165, 1.54) is 19.2 Å². The van der Waals surface area contributed by atoms with E-state index in [4.69, 9.17) is 0 Å². The normalized spacial score (nSPS) is 11.5. The summed E-state index contributed by atoms with van der Waals surface area (Å²) in [5, 5.41) is 6.96. The van der Waals surface area contributed by atoms with Gasteiger partial charge in [0, 0.05) is 13.2 Å². The number of carbonyl (C=O) groups is 1. The SMILES string of the molecule is CN(CC(=O)Nc1ccccc1-n1cc(Br)cn1)S(=O)(=O)c1ccccc1. The van der Waals surface area contributed by atoms with E-state index >= 15 is 0 Å². The summed E-state index contributed by atoms with van der Waals surface area (Å²) in [5.41, 5.74) is 1.20. The number of aromatic nitrogens is 2. The van der Waals surface area contributed by atoms with Crippen molar-refractivity contribution >= 4 is 37.5 Å². The van der Waals surface area contributed by atoms with Crippen LogP contribution in [0.4, 0.5) is 5.69 Å². The van der Waals surface area contributed by atoms with Crippen LogP contribution in [-0.4, -0.2) is 42.0 Å². The van der Waals surface area contributed by atoms with Gasteiger partial charge in [-0.05, 0) is 40.2 Å². The first-order chi connectivity index (χ1) is 12.9. The minimum absolute atomic E-state index is 0.141. The summed E-state index contributed by atoms with van der Waals surface area (Å²) in [7, 11) is -2.36. The predicted molar refractivity (Wildman–Crippen MR) is 106 cm³/mol. The second-order valence-electron chi connectivity index (χ2n) is 5.74. The molecule has 0 unspecified atom stereocenters. The topological polar surface area (TPSA) is 84.3 Å². The second-order valence-corrected chi connectivity index (χ2v) is 8.70. The molecule has 1 aromatic heterocycles. The zero-order chi connectivity index (χ0) is 19.4. The molecule has 0 atom stereocenters. The Hall–Kier alpha value is -2.49. The lowest BCUT2D eigenvalue weighted by molar-refractivity contribution is -0.116. The van der Waals surface area contributed by atoms with Gasteiger partial charge in [-0.1, -0.05) is 30.3 Å². The quantitative estimate of drug-likeness (QED) is 0.628. The van der Waals surface area contributed by atoms with Crippen molar-refractivity contribution in [1.82, 2.24) is 14.1 Å². The maximum Gasteiger partial charge on any atom is 0.243 e. The van der Waals surface area contributed by atoms with E-state index in [2.05, 4.69) is 26.3 Å². The fourth-order valence-electron chi connectivity index (χ4n) is 2.46. The predicted octanol–water partition coefficient (Wildman–Crippen LogP) is 2.89. The van der Waals surface area contributed by atoms with Gasteiger partial charge in [0.2, 0.25) is 15.9 Å². The summed E-state index contributed by atoms with van der Waals surface area (Å²) < 4.78 is 28.5. The number of amides is 1. The van der Waals surface area contributed by atoms with Crippen molar-refractivity contribution in [3.8, 4) is 5.69 Å². The molecule has 1 amide bonds. The van der Waals surface area contributed by atoms with Crippen LogP contribution in [0, 0.1) is 0 Å². The number of rotatable bonds is 6. The highest BCUT2D eigenvalue weighted by molar-refractivity contribution is 9.10. The Morgan fingerprint density at radius 1 is 1.15 bits per heavy atom. The molecule has 0 aliphatic rings. The molecule has 0 aliphatic heterocycles. The van der Waals surface area contributed by atoms with Crippen LogP contribution >= 0.6 is 15.9 Å². The lowest BCUT2D eigenvalue weighted by Gasteiger charge is -2.17. The third kappa shape index (κ3) is 4.44. The highest BCUT2D eigenvalue weighted by Gasteiger charge is 2.23. The minimum atomic E-state index is -3.74. The number of para-hydroxylation sites is 2. The first-order valence-electron chi connectivity index (χ1n) is 7.99. The fourth-order valence-corrected chi connectivity index (χ4v) is 3.89. The first-order valence-corrected chi connectivity index (χ1v) is 10.2. The monoisotopic (exact) mass is 448 g/mol. The van der Waals surface area contributed by atoms with Gasteiger partial charge in [-0.3, -0.25) is 4.79 Å². The van der Waals surface area contributed by atoms with Crippen molar-refractivity contribution in [3.05, 3.63) is 71.5 Å². The Morgan fingerprint density at radius 3 is 2.48 bits per heavy atom. The number of hydrogen-bond donors (Lipinski definition) is 1. The van der Waals surface area contributed by atoms with Crippen molar-refractivity contribution < 1.29 is 13.2 Å². The van der Waals surface area contributed by atoms with Crippen LogP contribution in [0.5, 0.6) is 0 Å². The number of nitrogens with one attached hydrogen (secondary N) is 1. The van der Waals surface area contributed by atoms with Gasteiger partial charge in [0.05, 0.1) is 33.5 Å². The zero-order valence-corrected chi connectivity index (χ0v) is 16.8. The minimum Gasteiger partial charge on any atom is -0.323 e. The number of nitrogens with zero attached hydrogens (tertiary/aromatic N) is 3. The molecule has 9 heteroatoms. The number of hydrogen-bond acceptors (Lipinski definition) is 4. The molecular weight excluding hydrogens is 432 g/mol. The fraction of sp³-hybridized carbons (Fsp3) is 0.111. The van der Waals surface area contributed by atoms with Gasteiger partial charge in [-0.15, -0.1) is 0 Å². The summed E-state index contributed by atoms with van der Waals surface area (Å²) in [6.07, 6.45) is 3.40. The highest BCUT2D eigenvalue weighted by atomic mass is 79.9. The Kier molecular flexibility index (Phi) is 5.73. The highest BCUT2D eigenvalue weighted by Crippen LogP contribution is 2.21. The molecule has 0 spiro atoms. The van der Waals surface area contributed by atoms with Gasteiger partial charge < -0.3 is 5.32 Å². The molecule has 2 aromatic carbocycles. The third-order valence-corrected chi connectivity index (χ3v) is 6.02. The molecule has 140 valence electrons. The largest absolute Gasteiger partial charge is 0.323 e. The van der Waals surface area contributed by atoms with E-state index in [0.29, 0.717) is 11.4 Å². The molecule has 0 radical (unpaired) electrons. The molecular formula is C18H17BrN4O3S. The molecule has 1 heterocycles. The van der Waals surface area contributed by atoms with Gasteiger partial charge in [0.15, 0.2) is 0 Å². The molecule has 3 rings (SSSR count). The maximum atomic E-state index is 12.5. The average molecular weight is 449 g/mol. The van der Waals surface area contributed by atoms with E-state index in [9.17, 15) is 13.2 Å². The first kappa shape index (κ1) is 19.3. The molecule has 0 saturated carbocycles. The van der Waals surface area contributed by atoms with Gasteiger partial charge in [0.25, 0.3) is 0 Å². The zero-order valence-electron chi connectivity index (χ0n) is 14.4. The molecule has 7 nitrogen and oxygen atoms in total. The lowest BCUT2D eigenvalue weighted by Crippen LogP contribution is -2.35. The van der Waals surface area contributed by atoms with Crippen LogP contribution in [0.1, 0.15) is 0 Å². The van der Waals surface area contributed by atoms with Crippen LogP contribution in [0.25, 0.3) is 5.69 Å². The number of halogens is 1. The van der Waals surface area contributed by atoms with E-state index < -0.39 is 15.9 Å². The summed E-state index contributed by atoms with van der Waals surface area (Å²) in [5.74, 6) is -0.448. The molecule has 0 bridgehead atoms. The molecule has 1 N–H and O–H groups in total. The van der Waals surface area contributed by atoms with Gasteiger partial charge in [-0.25, -0.2) is 13.1 Å². The van der Waals surface area contributed by atoms with Gasteiger partial charge >= 0.3 is 0 Å². The van der Waals surface area contributed by atoms with E-state index in [1.807, 2.05) is 6.07 Å². The Labute approximate surface area is 165 Å². The number of likely N-dealkylation sites (N-methyl/N-ethyl adjacent to an activating group) is 1. The third-order valence-electron chi connectivity index (χ3n) is 3.79. The summed E-state index contributed by atoms with van der Waals surface area (Å²) in [6.45, 7) is -0.311. The molecule has 3 aromatic rings. The number of anilines is 1. The summed E-state index contributed by atoms with van der Waals surface area (Å²) in [4.78, 5) is 12.6. The van der Waals surface area contributed by atoms with Crippen molar-refractivity contribution in [2.45, 2.75) is 4.90 Å². The number of carbonyl (C=O) groups excluding carboxylic acids is 1. The Balaban J connectivity index is 1.75. The van der Waals surface area contributed by atoms with Crippen LogP contribution in [-0.2, 0) is 14.8 Å². The molecule has 27 heavy (non-hydrogen) atoms. The van der Waals surface area contributed by atoms with Crippen LogP contribution in [0.2, 0.25) is 0 Å².